The van der Waals surface area contributed by atoms with Crippen LogP contribution in [0.1, 0.15) is 24.9 Å². The van der Waals surface area contributed by atoms with Gasteiger partial charge in [-0.1, -0.05) is 23.8 Å². The molecule has 1 aromatic heterocycles. The Hall–Kier alpha value is -1.58. The number of H-pyrrole nitrogens is 1. The summed E-state index contributed by atoms with van der Waals surface area (Å²) in [5.41, 5.74) is 3.88. The SMILES string of the molecule is C=C(C)C[C@@H](c1c[nH]c2ccccc12)N1CCNCC1. The van der Waals surface area contributed by atoms with Gasteiger partial charge < -0.3 is 10.3 Å². The van der Waals surface area contributed by atoms with Gasteiger partial charge in [0.2, 0.25) is 0 Å². The van der Waals surface area contributed by atoms with Gasteiger partial charge in [-0.3, -0.25) is 4.90 Å². The first-order valence-electron chi connectivity index (χ1n) is 7.41. The molecule has 0 radical (unpaired) electrons. The Morgan fingerprint density at radius 1 is 1.30 bits per heavy atom. The Morgan fingerprint density at radius 3 is 2.80 bits per heavy atom. The van der Waals surface area contributed by atoms with Gasteiger partial charge in [0, 0.05) is 49.3 Å². The standard InChI is InChI=1S/C17H23N3/c1-13(2)11-17(20-9-7-18-8-10-20)15-12-19-16-6-4-3-5-14(15)16/h3-6,12,17-19H,1,7-11H2,2H3/t17-/m0/s1. The van der Waals surface area contributed by atoms with E-state index in [1.165, 1.54) is 22.0 Å². The van der Waals surface area contributed by atoms with Gasteiger partial charge >= 0.3 is 0 Å². The molecule has 0 saturated carbocycles. The van der Waals surface area contributed by atoms with Crippen molar-refractivity contribution in [3.05, 3.63) is 48.2 Å². The first kappa shape index (κ1) is 13.4. The molecule has 2 N–H and O–H groups in total. The van der Waals surface area contributed by atoms with Crippen molar-refractivity contribution in [3.8, 4) is 0 Å². The van der Waals surface area contributed by atoms with Crippen molar-refractivity contribution in [1.29, 1.82) is 0 Å². The highest BCUT2D eigenvalue weighted by molar-refractivity contribution is 5.83. The molecule has 0 bridgehead atoms. The van der Waals surface area contributed by atoms with Gasteiger partial charge in [0.05, 0.1) is 0 Å². The van der Waals surface area contributed by atoms with Crippen LogP contribution in [0.4, 0.5) is 0 Å². The van der Waals surface area contributed by atoms with Crippen LogP contribution in [0.15, 0.2) is 42.6 Å². The first-order valence-corrected chi connectivity index (χ1v) is 7.41. The van der Waals surface area contributed by atoms with Crippen LogP contribution in [0.5, 0.6) is 0 Å². The Kier molecular flexibility index (Phi) is 3.90. The van der Waals surface area contributed by atoms with Gasteiger partial charge in [0.15, 0.2) is 0 Å². The van der Waals surface area contributed by atoms with E-state index in [9.17, 15) is 0 Å². The minimum absolute atomic E-state index is 0.436. The van der Waals surface area contributed by atoms with Crippen LogP contribution in [0.3, 0.4) is 0 Å². The summed E-state index contributed by atoms with van der Waals surface area (Å²) in [5, 5.41) is 4.78. The van der Waals surface area contributed by atoms with Crippen LogP contribution in [0.25, 0.3) is 10.9 Å². The molecule has 2 aromatic rings. The minimum atomic E-state index is 0.436. The number of fused-ring (bicyclic) bond motifs is 1. The third kappa shape index (κ3) is 2.65. The lowest BCUT2D eigenvalue weighted by Gasteiger charge is -2.35. The normalized spacial score (nSPS) is 18.2. The molecule has 0 amide bonds. The summed E-state index contributed by atoms with van der Waals surface area (Å²) in [4.78, 5) is 5.99. The second-order valence-electron chi connectivity index (χ2n) is 5.75. The van der Waals surface area contributed by atoms with Crippen LogP contribution in [0.2, 0.25) is 0 Å². The first-order chi connectivity index (χ1) is 9.75. The molecule has 1 aliphatic heterocycles. The zero-order chi connectivity index (χ0) is 13.9. The molecule has 0 unspecified atom stereocenters. The van der Waals surface area contributed by atoms with E-state index < -0.39 is 0 Å². The highest BCUT2D eigenvalue weighted by Crippen LogP contribution is 2.32. The monoisotopic (exact) mass is 269 g/mol. The number of aromatic nitrogens is 1. The number of hydrogen-bond acceptors (Lipinski definition) is 2. The lowest BCUT2D eigenvalue weighted by molar-refractivity contribution is 0.173. The number of piperazine rings is 1. The molecule has 1 saturated heterocycles. The fraction of sp³-hybridized carbons (Fsp3) is 0.412. The molecule has 1 aromatic carbocycles. The Morgan fingerprint density at radius 2 is 2.05 bits per heavy atom. The Balaban J connectivity index is 1.97. The van der Waals surface area contributed by atoms with Crippen molar-refractivity contribution in [1.82, 2.24) is 15.2 Å². The van der Waals surface area contributed by atoms with Crippen LogP contribution in [-0.4, -0.2) is 36.1 Å². The Labute approximate surface area is 120 Å². The predicted molar refractivity (Wildman–Crippen MR) is 84.9 cm³/mol. The summed E-state index contributed by atoms with van der Waals surface area (Å²) >= 11 is 0. The van der Waals surface area contributed by atoms with Gasteiger partial charge in [-0.25, -0.2) is 0 Å². The maximum atomic E-state index is 4.13. The molecular weight excluding hydrogens is 246 g/mol. The second kappa shape index (κ2) is 5.81. The zero-order valence-electron chi connectivity index (χ0n) is 12.2. The van der Waals surface area contributed by atoms with E-state index >= 15 is 0 Å². The molecule has 3 heteroatoms. The van der Waals surface area contributed by atoms with Gasteiger partial charge in [0.1, 0.15) is 0 Å². The molecule has 20 heavy (non-hydrogen) atoms. The van der Waals surface area contributed by atoms with Crippen LogP contribution >= 0.6 is 0 Å². The fourth-order valence-electron chi connectivity index (χ4n) is 3.13. The number of nitrogens with zero attached hydrogens (tertiary/aromatic N) is 1. The zero-order valence-corrected chi connectivity index (χ0v) is 12.2. The molecule has 3 nitrogen and oxygen atoms in total. The third-order valence-corrected chi connectivity index (χ3v) is 4.11. The molecule has 106 valence electrons. The van der Waals surface area contributed by atoms with E-state index in [1.54, 1.807) is 0 Å². The molecule has 3 rings (SSSR count). The molecular formula is C17H23N3. The van der Waals surface area contributed by atoms with E-state index in [0.29, 0.717) is 6.04 Å². The van der Waals surface area contributed by atoms with Crippen molar-refractivity contribution >= 4 is 10.9 Å². The van der Waals surface area contributed by atoms with Crippen LogP contribution in [-0.2, 0) is 0 Å². The van der Waals surface area contributed by atoms with Crippen molar-refractivity contribution in [2.45, 2.75) is 19.4 Å². The maximum Gasteiger partial charge on any atom is 0.0457 e. The van der Waals surface area contributed by atoms with Crippen molar-refractivity contribution < 1.29 is 0 Å². The van der Waals surface area contributed by atoms with E-state index in [4.69, 9.17) is 0 Å². The summed E-state index contributed by atoms with van der Waals surface area (Å²) in [6.45, 7) is 10.6. The van der Waals surface area contributed by atoms with Crippen LogP contribution < -0.4 is 5.32 Å². The highest BCUT2D eigenvalue weighted by Gasteiger charge is 2.24. The molecule has 0 spiro atoms. The smallest absolute Gasteiger partial charge is 0.0457 e. The molecule has 1 atom stereocenters. The average Bonchev–Trinajstić information content (AvgIpc) is 2.89. The Bertz CT molecular complexity index is 593. The lowest BCUT2D eigenvalue weighted by Crippen LogP contribution is -2.45. The number of hydrogen-bond donors (Lipinski definition) is 2. The molecule has 0 aliphatic carbocycles. The highest BCUT2D eigenvalue weighted by atomic mass is 15.2. The number of nitrogens with one attached hydrogen (secondary N) is 2. The van der Waals surface area contributed by atoms with E-state index in [1.807, 2.05) is 0 Å². The lowest BCUT2D eigenvalue weighted by atomic mass is 9.97. The molecule has 1 aliphatic rings. The number of rotatable bonds is 4. The van der Waals surface area contributed by atoms with Crippen molar-refractivity contribution in [2.75, 3.05) is 26.2 Å². The third-order valence-electron chi connectivity index (χ3n) is 4.11. The van der Waals surface area contributed by atoms with E-state index in [-0.39, 0.29) is 0 Å². The number of para-hydroxylation sites is 1. The summed E-state index contributed by atoms with van der Waals surface area (Å²) in [5.74, 6) is 0. The molecule has 2 heterocycles. The molecule has 1 fully saturated rings. The predicted octanol–water partition coefficient (Wildman–Crippen LogP) is 3.08. The van der Waals surface area contributed by atoms with Crippen molar-refractivity contribution in [2.24, 2.45) is 0 Å². The van der Waals surface area contributed by atoms with Gasteiger partial charge in [-0.15, -0.1) is 6.58 Å². The topological polar surface area (TPSA) is 31.1 Å². The number of aromatic amines is 1. The maximum absolute atomic E-state index is 4.13. The quantitative estimate of drug-likeness (QED) is 0.836. The van der Waals surface area contributed by atoms with Gasteiger partial charge in [0.25, 0.3) is 0 Å². The summed E-state index contributed by atoms with van der Waals surface area (Å²) < 4.78 is 0. The fourth-order valence-corrected chi connectivity index (χ4v) is 3.13. The summed E-state index contributed by atoms with van der Waals surface area (Å²) in [7, 11) is 0. The van der Waals surface area contributed by atoms with E-state index in [0.717, 1.165) is 32.6 Å². The van der Waals surface area contributed by atoms with Crippen molar-refractivity contribution in [3.63, 3.8) is 0 Å². The van der Waals surface area contributed by atoms with Crippen LogP contribution in [0, 0.1) is 0 Å². The number of benzene rings is 1. The second-order valence-corrected chi connectivity index (χ2v) is 5.75. The summed E-state index contributed by atoms with van der Waals surface area (Å²) in [6.07, 6.45) is 3.21. The van der Waals surface area contributed by atoms with Gasteiger partial charge in [-0.05, 0) is 25.0 Å². The van der Waals surface area contributed by atoms with E-state index in [2.05, 4.69) is 59.2 Å². The van der Waals surface area contributed by atoms with Gasteiger partial charge in [-0.2, -0.15) is 0 Å². The summed E-state index contributed by atoms with van der Waals surface area (Å²) in [6, 6.07) is 9.00. The minimum Gasteiger partial charge on any atom is -0.361 e. The average molecular weight is 269 g/mol. The largest absolute Gasteiger partial charge is 0.361 e.